The van der Waals surface area contributed by atoms with Gasteiger partial charge < -0.3 is 0 Å². The molecule has 0 aromatic heterocycles. The summed E-state index contributed by atoms with van der Waals surface area (Å²) in [5.74, 6) is 0. The summed E-state index contributed by atoms with van der Waals surface area (Å²) >= 11 is 0.534. The van der Waals surface area contributed by atoms with Gasteiger partial charge in [-0.1, -0.05) is 0 Å². The van der Waals surface area contributed by atoms with E-state index in [1.54, 1.807) is 0 Å². The predicted molar refractivity (Wildman–Crippen MR) is 36.3 cm³/mol. The molecule has 0 aliphatic heterocycles. The Balaban J connectivity index is 3.15. The van der Waals surface area contributed by atoms with E-state index in [1.807, 2.05) is 19.0 Å². The average Bonchev–Trinajstić information content (AvgIpc) is 1.63. The van der Waals surface area contributed by atoms with Gasteiger partial charge in [0, 0.05) is 0 Å². The second kappa shape index (κ2) is 5.58. The Morgan fingerprint density at radius 2 is 2.22 bits per heavy atom. The molecule has 1 atom stereocenters. The third-order valence-corrected chi connectivity index (χ3v) is 1.61. The molecule has 0 radical (unpaired) electrons. The molecule has 0 heterocycles. The first-order valence-electron chi connectivity index (χ1n) is 2.81. The third-order valence-electron chi connectivity index (χ3n) is 0.865. The van der Waals surface area contributed by atoms with E-state index in [4.69, 9.17) is 7.79 Å². The molecule has 0 bridgehead atoms. The molecule has 0 saturated heterocycles. The van der Waals surface area contributed by atoms with Gasteiger partial charge in [-0.25, -0.2) is 0 Å². The molecule has 0 aromatic carbocycles. The predicted octanol–water partition coefficient (Wildman–Crippen LogP) is -0.991. The van der Waals surface area contributed by atoms with Gasteiger partial charge in [-0.05, 0) is 0 Å². The Morgan fingerprint density at radius 3 is 2.56 bits per heavy atom. The van der Waals surface area contributed by atoms with E-state index in [1.165, 1.54) is 0 Å². The van der Waals surface area contributed by atoms with Crippen molar-refractivity contribution in [2.24, 2.45) is 0 Å². The van der Waals surface area contributed by atoms with Crippen LogP contribution in [0.1, 0.15) is 0 Å². The number of nitrogens with zero attached hydrogens (tertiary/aromatic N) is 1. The van der Waals surface area contributed by atoms with Gasteiger partial charge in [0.1, 0.15) is 0 Å². The van der Waals surface area contributed by atoms with E-state index in [9.17, 15) is 0 Å². The van der Waals surface area contributed by atoms with Crippen LogP contribution in [0.25, 0.3) is 0 Å². The second-order valence-electron chi connectivity index (χ2n) is 2.25. The summed E-state index contributed by atoms with van der Waals surface area (Å²) in [5.41, 5.74) is 0. The summed E-state index contributed by atoms with van der Waals surface area (Å²) in [6, 6.07) is 0. The summed E-state index contributed by atoms with van der Waals surface area (Å²) in [4.78, 5) is 1.94. The van der Waals surface area contributed by atoms with Gasteiger partial charge in [-0.15, -0.1) is 0 Å². The van der Waals surface area contributed by atoms with Crippen LogP contribution in [0.2, 0.25) is 0 Å². The number of likely N-dealkylation sites (N-methyl/N-ethyl adjacent to an activating group) is 1. The summed E-state index contributed by atoms with van der Waals surface area (Å²) in [5, 5.41) is 9.08. The van der Waals surface area contributed by atoms with Crippen molar-refractivity contribution in [3.63, 3.8) is 0 Å². The minimum absolute atomic E-state index is 0.315. The fourth-order valence-corrected chi connectivity index (χ4v) is 1.45. The average molecular weight is 323 g/mol. The SMILES string of the molecule is CN(C)CC(O)C[O][Tl]. The molecule has 0 spiro atoms. The quantitative estimate of drug-likeness (QED) is 0.675. The molecule has 0 amide bonds. The van der Waals surface area contributed by atoms with Gasteiger partial charge in [-0.2, -0.15) is 0 Å². The molecule has 0 fully saturated rings. The van der Waals surface area contributed by atoms with Gasteiger partial charge in [0.2, 0.25) is 0 Å². The van der Waals surface area contributed by atoms with E-state index in [0.717, 1.165) is 0 Å². The van der Waals surface area contributed by atoms with Crippen LogP contribution in [0.4, 0.5) is 0 Å². The maximum absolute atomic E-state index is 9.08. The molecular weight excluding hydrogens is 310 g/mol. The fraction of sp³-hybridized carbons (Fsp3) is 1.00. The third kappa shape index (κ3) is 6.69. The van der Waals surface area contributed by atoms with E-state index >= 15 is 0 Å². The summed E-state index contributed by atoms with van der Waals surface area (Å²) in [6.07, 6.45) is -0.315. The summed E-state index contributed by atoms with van der Waals surface area (Å²) in [7, 11) is 3.86. The molecule has 0 rings (SSSR count). The van der Waals surface area contributed by atoms with Gasteiger partial charge >= 0.3 is 72.3 Å². The molecule has 0 saturated carbocycles. The molecule has 0 aromatic rings. The maximum atomic E-state index is 9.08. The Hall–Kier alpha value is 0.802. The van der Waals surface area contributed by atoms with Gasteiger partial charge in [-0.3, -0.25) is 0 Å². The van der Waals surface area contributed by atoms with E-state index in [0.29, 0.717) is 39.4 Å². The molecule has 0 aliphatic rings. The molecule has 52 valence electrons. The van der Waals surface area contributed by atoms with Gasteiger partial charge in [0.15, 0.2) is 0 Å². The zero-order chi connectivity index (χ0) is 7.28. The minimum atomic E-state index is -0.315. The van der Waals surface area contributed by atoms with Crippen molar-refractivity contribution in [2.45, 2.75) is 6.10 Å². The Kier molecular flexibility index (Phi) is 6.07. The Bertz CT molecular complexity index is 70.0. The zero-order valence-electron chi connectivity index (χ0n) is 5.87. The molecular formula is C5H12NO2Tl. The number of aliphatic hydroxyl groups is 1. The summed E-state index contributed by atoms with van der Waals surface area (Å²) < 4.78 is 4.89. The van der Waals surface area contributed by atoms with Crippen molar-refractivity contribution in [1.82, 2.24) is 4.90 Å². The first-order valence-corrected chi connectivity index (χ1v) is 4.64. The topological polar surface area (TPSA) is 32.7 Å². The Morgan fingerprint density at radius 1 is 1.67 bits per heavy atom. The second-order valence-corrected chi connectivity index (χ2v) is 3.55. The molecule has 3 nitrogen and oxygen atoms in total. The van der Waals surface area contributed by atoms with Crippen LogP contribution in [-0.2, 0) is 2.69 Å². The molecule has 9 heavy (non-hydrogen) atoms. The van der Waals surface area contributed by atoms with Gasteiger partial charge in [0.25, 0.3) is 0 Å². The van der Waals surface area contributed by atoms with Crippen LogP contribution >= 0.6 is 0 Å². The molecule has 4 heteroatoms. The van der Waals surface area contributed by atoms with E-state index in [2.05, 4.69) is 0 Å². The van der Waals surface area contributed by atoms with E-state index in [-0.39, 0.29) is 6.10 Å². The standard InChI is InChI=1S/C5H12NO2.Tl/c1-6(2)3-5(8)4-7;/h5,8H,3-4H2,1-2H3;/q-1;+1. The first kappa shape index (κ1) is 9.80. The van der Waals surface area contributed by atoms with Crippen LogP contribution in [0.5, 0.6) is 0 Å². The number of rotatable bonds is 4. The van der Waals surface area contributed by atoms with Crippen molar-refractivity contribution < 1.29 is 7.79 Å². The first-order chi connectivity index (χ1) is 4.16. The van der Waals surface area contributed by atoms with Crippen LogP contribution in [0.3, 0.4) is 0 Å². The molecule has 0 aliphatic carbocycles. The van der Waals surface area contributed by atoms with E-state index < -0.39 is 0 Å². The van der Waals surface area contributed by atoms with Crippen molar-refractivity contribution in [2.75, 3.05) is 27.2 Å². The molecule has 1 N–H and O–H groups in total. The number of aliphatic hydroxyl groups excluding tert-OH is 1. The fourth-order valence-electron chi connectivity index (χ4n) is 0.585. The van der Waals surface area contributed by atoms with Crippen LogP contribution in [-0.4, -0.2) is 69.6 Å². The van der Waals surface area contributed by atoms with Crippen LogP contribution < -0.4 is 0 Å². The Labute approximate surface area is 72.3 Å². The van der Waals surface area contributed by atoms with Crippen molar-refractivity contribution >= 4 is 26.2 Å². The van der Waals surface area contributed by atoms with Crippen LogP contribution in [0.15, 0.2) is 0 Å². The van der Waals surface area contributed by atoms with Crippen LogP contribution in [0, 0.1) is 0 Å². The monoisotopic (exact) mass is 323 g/mol. The normalized spacial score (nSPS) is 14.1. The van der Waals surface area contributed by atoms with Gasteiger partial charge in [0.05, 0.1) is 0 Å². The van der Waals surface area contributed by atoms with Crippen molar-refractivity contribution in [1.29, 1.82) is 0 Å². The summed E-state index contributed by atoms with van der Waals surface area (Å²) in [6.45, 7) is 1.18. The zero-order valence-corrected chi connectivity index (χ0v) is 10.4. The number of hydrogen-bond acceptors (Lipinski definition) is 3. The van der Waals surface area contributed by atoms with Crippen molar-refractivity contribution in [3.05, 3.63) is 0 Å². The molecule has 1 unspecified atom stereocenters. The van der Waals surface area contributed by atoms with Crippen molar-refractivity contribution in [3.8, 4) is 0 Å². The number of hydrogen-bond donors (Lipinski definition) is 1.